The maximum atomic E-state index is 11.3. The normalized spacial score (nSPS) is 10.9. The van der Waals surface area contributed by atoms with Gasteiger partial charge in [-0.1, -0.05) is 12.1 Å². The Bertz CT molecular complexity index is 721. The van der Waals surface area contributed by atoms with Crippen LogP contribution in [-0.4, -0.2) is 0 Å². The standard InChI is InChI=1S/C14H10O3/c1-9-7-14(15)17-13-8-10(4-5-11(9)13)12-3-2-6-16-12/h2-8H,1H3. The summed E-state index contributed by atoms with van der Waals surface area (Å²) in [4.78, 5) is 11.3. The van der Waals surface area contributed by atoms with E-state index < -0.39 is 0 Å². The summed E-state index contributed by atoms with van der Waals surface area (Å²) in [5.41, 5.74) is 2.08. The molecule has 0 atom stereocenters. The van der Waals surface area contributed by atoms with Gasteiger partial charge in [-0.05, 0) is 30.7 Å². The molecule has 3 heteroatoms. The zero-order valence-electron chi connectivity index (χ0n) is 9.27. The summed E-state index contributed by atoms with van der Waals surface area (Å²) >= 11 is 0. The van der Waals surface area contributed by atoms with Crippen LogP contribution in [0, 0.1) is 6.92 Å². The van der Waals surface area contributed by atoms with E-state index in [2.05, 4.69) is 0 Å². The molecule has 0 aliphatic heterocycles. The molecule has 2 aromatic heterocycles. The van der Waals surface area contributed by atoms with Gasteiger partial charge in [-0.25, -0.2) is 4.79 Å². The lowest BCUT2D eigenvalue weighted by molar-refractivity contribution is 0.558. The lowest BCUT2D eigenvalue weighted by Crippen LogP contribution is -1.97. The minimum atomic E-state index is -0.327. The van der Waals surface area contributed by atoms with Gasteiger partial charge in [0.05, 0.1) is 6.26 Å². The Morgan fingerprint density at radius 1 is 1.12 bits per heavy atom. The van der Waals surface area contributed by atoms with Crippen LogP contribution < -0.4 is 5.63 Å². The zero-order valence-corrected chi connectivity index (χ0v) is 9.27. The third-order valence-electron chi connectivity index (χ3n) is 2.76. The molecule has 84 valence electrons. The smallest absolute Gasteiger partial charge is 0.336 e. The van der Waals surface area contributed by atoms with Crippen molar-refractivity contribution in [1.82, 2.24) is 0 Å². The number of benzene rings is 1. The molecule has 1 aromatic carbocycles. The average Bonchev–Trinajstić information content (AvgIpc) is 2.81. The van der Waals surface area contributed by atoms with Gasteiger partial charge in [0.25, 0.3) is 0 Å². The number of furan rings is 1. The Morgan fingerprint density at radius 2 is 2.00 bits per heavy atom. The van der Waals surface area contributed by atoms with E-state index >= 15 is 0 Å². The maximum Gasteiger partial charge on any atom is 0.336 e. The fourth-order valence-electron chi connectivity index (χ4n) is 1.92. The SMILES string of the molecule is Cc1cc(=O)oc2cc(-c3ccco3)ccc12. The van der Waals surface area contributed by atoms with E-state index in [9.17, 15) is 4.79 Å². The first-order valence-corrected chi connectivity index (χ1v) is 5.32. The molecule has 0 fully saturated rings. The quantitative estimate of drug-likeness (QED) is 0.597. The first-order valence-electron chi connectivity index (χ1n) is 5.32. The highest BCUT2D eigenvalue weighted by Crippen LogP contribution is 2.25. The van der Waals surface area contributed by atoms with Crippen LogP contribution >= 0.6 is 0 Å². The molecule has 0 spiro atoms. The minimum absolute atomic E-state index is 0.327. The molecule has 0 aliphatic carbocycles. The summed E-state index contributed by atoms with van der Waals surface area (Å²) in [6.07, 6.45) is 1.62. The van der Waals surface area contributed by atoms with Crippen LogP contribution in [0.5, 0.6) is 0 Å². The van der Waals surface area contributed by atoms with Crippen molar-refractivity contribution in [1.29, 1.82) is 0 Å². The predicted molar refractivity (Wildman–Crippen MR) is 64.9 cm³/mol. The summed E-state index contributed by atoms with van der Waals surface area (Å²) in [6, 6.07) is 10.9. The van der Waals surface area contributed by atoms with Crippen LogP contribution in [0.4, 0.5) is 0 Å². The van der Waals surface area contributed by atoms with Crippen LogP contribution in [-0.2, 0) is 0 Å². The molecule has 0 amide bonds. The maximum absolute atomic E-state index is 11.3. The van der Waals surface area contributed by atoms with Gasteiger partial charge in [0.1, 0.15) is 11.3 Å². The predicted octanol–water partition coefficient (Wildman–Crippen LogP) is 3.36. The minimum Gasteiger partial charge on any atom is -0.464 e. The van der Waals surface area contributed by atoms with Crippen molar-refractivity contribution >= 4 is 11.0 Å². The Morgan fingerprint density at radius 3 is 2.76 bits per heavy atom. The van der Waals surface area contributed by atoms with E-state index in [0.717, 1.165) is 22.3 Å². The molecule has 0 radical (unpaired) electrons. The summed E-state index contributed by atoms with van der Waals surface area (Å²) in [7, 11) is 0. The first kappa shape index (κ1) is 9.90. The molecule has 0 unspecified atom stereocenters. The van der Waals surface area contributed by atoms with Gasteiger partial charge in [0.2, 0.25) is 0 Å². The van der Waals surface area contributed by atoms with Gasteiger partial charge in [-0.2, -0.15) is 0 Å². The van der Waals surface area contributed by atoms with E-state index in [1.165, 1.54) is 6.07 Å². The van der Waals surface area contributed by atoms with Gasteiger partial charge < -0.3 is 8.83 Å². The molecule has 3 aromatic rings. The molecule has 3 nitrogen and oxygen atoms in total. The summed E-state index contributed by atoms with van der Waals surface area (Å²) in [5, 5.41) is 0.944. The largest absolute Gasteiger partial charge is 0.464 e. The Hall–Kier alpha value is -2.29. The fourth-order valence-corrected chi connectivity index (χ4v) is 1.92. The molecule has 2 heterocycles. The lowest BCUT2D eigenvalue weighted by Gasteiger charge is -2.02. The van der Waals surface area contributed by atoms with E-state index in [-0.39, 0.29) is 5.63 Å². The second kappa shape index (κ2) is 3.63. The second-order valence-corrected chi connectivity index (χ2v) is 3.94. The Kier molecular flexibility index (Phi) is 2.11. The van der Waals surface area contributed by atoms with Crippen LogP contribution in [0.25, 0.3) is 22.3 Å². The van der Waals surface area contributed by atoms with Crippen LogP contribution in [0.1, 0.15) is 5.56 Å². The highest BCUT2D eigenvalue weighted by Gasteiger charge is 2.06. The van der Waals surface area contributed by atoms with E-state index in [1.807, 2.05) is 37.3 Å². The van der Waals surface area contributed by atoms with Gasteiger partial charge in [0, 0.05) is 17.0 Å². The molecule has 0 saturated carbocycles. The van der Waals surface area contributed by atoms with E-state index in [0.29, 0.717) is 5.58 Å². The highest BCUT2D eigenvalue weighted by atomic mass is 16.4. The third kappa shape index (κ3) is 1.65. The first-order chi connectivity index (χ1) is 8.24. The van der Waals surface area contributed by atoms with Gasteiger partial charge >= 0.3 is 5.63 Å². The number of fused-ring (bicyclic) bond motifs is 1. The van der Waals surface area contributed by atoms with Crippen molar-refractivity contribution in [2.45, 2.75) is 6.92 Å². The highest BCUT2D eigenvalue weighted by molar-refractivity contribution is 5.84. The second-order valence-electron chi connectivity index (χ2n) is 3.94. The fraction of sp³-hybridized carbons (Fsp3) is 0.0714. The molecule has 0 N–H and O–H groups in total. The van der Waals surface area contributed by atoms with Crippen molar-refractivity contribution in [3.05, 3.63) is 58.6 Å². The molecule has 17 heavy (non-hydrogen) atoms. The zero-order chi connectivity index (χ0) is 11.8. The van der Waals surface area contributed by atoms with Crippen molar-refractivity contribution in [2.75, 3.05) is 0 Å². The lowest BCUT2D eigenvalue weighted by atomic mass is 10.1. The molecule has 0 saturated heterocycles. The topological polar surface area (TPSA) is 43.4 Å². The molecule has 0 aliphatic rings. The Balaban J connectivity index is 2.29. The van der Waals surface area contributed by atoms with Gasteiger partial charge in [-0.3, -0.25) is 0 Å². The van der Waals surface area contributed by atoms with Crippen LogP contribution in [0.15, 0.2) is 56.3 Å². The summed E-state index contributed by atoms with van der Waals surface area (Å²) in [5.74, 6) is 0.760. The molecular formula is C14H10O3. The van der Waals surface area contributed by atoms with Crippen LogP contribution in [0.3, 0.4) is 0 Å². The average molecular weight is 226 g/mol. The number of hydrogen-bond acceptors (Lipinski definition) is 3. The number of hydrogen-bond donors (Lipinski definition) is 0. The third-order valence-corrected chi connectivity index (χ3v) is 2.76. The Labute approximate surface area is 97.3 Å². The van der Waals surface area contributed by atoms with Gasteiger partial charge in [0.15, 0.2) is 0 Å². The molecule has 3 rings (SSSR count). The number of rotatable bonds is 1. The van der Waals surface area contributed by atoms with Crippen LogP contribution in [0.2, 0.25) is 0 Å². The van der Waals surface area contributed by atoms with Crippen molar-refractivity contribution in [3.63, 3.8) is 0 Å². The monoisotopic (exact) mass is 226 g/mol. The van der Waals surface area contributed by atoms with Gasteiger partial charge in [-0.15, -0.1) is 0 Å². The number of aryl methyl sites for hydroxylation is 1. The summed E-state index contributed by atoms with van der Waals surface area (Å²) in [6.45, 7) is 1.89. The van der Waals surface area contributed by atoms with E-state index in [1.54, 1.807) is 6.26 Å². The van der Waals surface area contributed by atoms with Crippen molar-refractivity contribution in [3.8, 4) is 11.3 Å². The van der Waals surface area contributed by atoms with Crippen molar-refractivity contribution < 1.29 is 8.83 Å². The molecular weight excluding hydrogens is 216 g/mol. The summed E-state index contributed by atoms with van der Waals surface area (Å²) < 4.78 is 10.5. The molecule has 0 bridgehead atoms. The van der Waals surface area contributed by atoms with E-state index in [4.69, 9.17) is 8.83 Å². The van der Waals surface area contributed by atoms with Crippen molar-refractivity contribution in [2.24, 2.45) is 0 Å².